The lowest BCUT2D eigenvalue weighted by Gasteiger charge is -2.12. The summed E-state index contributed by atoms with van der Waals surface area (Å²) in [6.45, 7) is 7.59. The van der Waals surface area contributed by atoms with Crippen LogP contribution in [0.5, 0.6) is 0 Å². The van der Waals surface area contributed by atoms with Gasteiger partial charge in [0.1, 0.15) is 22.9 Å². The first-order valence-electron chi connectivity index (χ1n) is 9.17. The van der Waals surface area contributed by atoms with Gasteiger partial charge >= 0.3 is 0 Å². The number of aryl methyl sites for hydroxylation is 2. The van der Waals surface area contributed by atoms with E-state index in [1.54, 1.807) is 25.1 Å². The number of hydrogen-bond acceptors (Lipinski definition) is 5. The second-order valence-corrected chi connectivity index (χ2v) is 7.02. The van der Waals surface area contributed by atoms with Crippen molar-refractivity contribution in [3.8, 4) is 11.3 Å². The molecule has 1 radical (unpaired) electrons. The molecule has 6 nitrogen and oxygen atoms in total. The summed E-state index contributed by atoms with van der Waals surface area (Å²) in [6, 6.07) is 9.38. The Labute approximate surface area is 166 Å². The van der Waals surface area contributed by atoms with E-state index in [0.29, 0.717) is 28.4 Å². The van der Waals surface area contributed by atoms with Crippen LogP contribution in [0.1, 0.15) is 31.4 Å². The van der Waals surface area contributed by atoms with E-state index >= 15 is 0 Å². The number of anilines is 2. The summed E-state index contributed by atoms with van der Waals surface area (Å²) >= 11 is 0. The van der Waals surface area contributed by atoms with Crippen molar-refractivity contribution < 1.29 is 8.78 Å². The lowest BCUT2D eigenvalue weighted by atomic mass is 10.1. The van der Waals surface area contributed by atoms with Gasteiger partial charge in [-0.3, -0.25) is 0 Å². The van der Waals surface area contributed by atoms with Gasteiger partial charge in [0.15, 0.2) is 11.6 Å². The fourth-order valence-electron chi connectivity index (χ4n) is 3.36. The van der Waals surface area contributed by atoms with Crippen LogP contribution in [-0.2, 0) is 0 Å². The maximum Gasteiger partial charge on any atom is 0.229 e. The molecule has 0 bridgehead atoms. The number of hydrogen-bond donors (Lipinski definition) is 1. The van der Waals surface area contributed by atoms with E-state index in [0.717, 1.165) is 6.20 Å². The summed E-state index contributed by atoms with van der Waals surface area (Å²) in [5.74, 6) is 0.192. The van der Waals surface area contributed by atoms with Gasteiger partial charge in [-0.2, -0.15) is 0 Å². The topological polar surface area (TPSA) is 68.5 Å². The summed E-state index contributed by atoms with van der Waals surface area (Å²) in [6.07, 6.45) is 1.06. The Bertz CT molecular complexity index is 1220. The van der Waals surface area contributed by atoms with E-state index in [1.165, 1.54) is 6.07 Å². The van der Waals surface area contributed by atoms with E-state index in [4.69, 9.17) is 0 Å². The molecule has 4 aromatic rings. The van der Waals surface area contributed by atoms with Crippen molar-refractivity contribution in [2.75, 3.05) is 5.32 Å². The molecule has 3 heterocycles. The van der Waals surface area contributed by atoms with E-state index in [-0.39, 0.29) is 23.2 Å². The number of nitrogens with one attached hydrogen (secondary N) is 1. The number of fused-ring (bicyclic) bond motifs is 1. The van der Waals surface area contributed by atoms with Crippen LogP contribution in [0, 0.1) is 31.5 Å². The molecular formula is C21H19F2N6. The van der Waals surface area contributed by atoms with E-state index in [2.05, 4.69) is 31.3 Å². The summed E-state index contributed by atoms with van der Waals surface area (Å²) in [4.78, 5) is 16.8. The van der Waals surface area contributed by atoms with Gasteiger partial charge in [-0.25, -0.2) is 28.7 Å². The summed E-state index contributed by atoms with van der Waals surface area (Å²) in [5, 5.41) is 2.94. The smallest absolute Gasteiger partial charge is 0.229 e. The zero-order chi connectivity index (χ0) is 20.7. The van der Waals surface area contributed by atoms with Crippen molar-refractivity contribution in [3.63, 3.8) is 0 Å². The van der Waals surface area contributed by atoms with Gasteiger partial charge in [-0.1, -0.05) is 0 Å². The van der Waals surface area contributed by atoms with Gasteiger partial charge in [0.2, 0.25) is 5.95 Å². The highest BCUT2D eigenvalue weighted by atomic mass is 19.1. The van der Waals surface area contributed by atoms with Gasteiger partial charge in [0.05, 0.1) is 11.7 Å². The highest BCUT2D eigenvalue weighted by Gasteiger charge is 2.18. The van der Waals surface area contributed by atoms with Crippen LogP contribution in [0.25, 0.3) is 22.3 Å². The number of halogens is 2. The Balaban J connectivity index is 1.82. The van der Waals surface area contributed by atoms with Crippen LogP contribution in [0.2, 0.25) is 0 Å². The Kier molecular flexibility index (Phi) is 4.70. The summed E-state index contributed by atoms with van der Waals surface area (Å²) in [5.41, 5.74) is 1.85. The van der Waals surface area contributed by atoms with Crippen LogP contribution < -0.4 is 5.32 Å². The van der Waals surface area contributed by atoms with E-state index < -0.39 is 11.6 Å². The van der Waals surface area contributed by atoms with Gasteiger partial charge in [0.25, 0.3) is 0 Å². The fourth-order valence-corrected chi connectivity index (χ4v) is 3.36. The SMILES string of the molecule is Cc1[c]ccc(Nc2ncc(F)c(-c3cc(F)c4nc(C)n(C(C)C)c4c3)n2)n1. The largest absolute Gasteiger partial charge is 0.326 e. The lowest BCUT2D eigenvalue weighted by Crippen LogP contribution is -2.04. The minimum atomic E-state index is -0.646. The average Bonchev–Trinajstić information content (AvgIpc) is 3.00. The zero-order valence-corrected chi connectivity index (χ0v) is 16.5. The molecule has 0 aliphatic carbocycles. The molecule has 0 unspecified atom stereocenters. The molecule has 8 heteroatoms. The fraction of sp³-hybridized carbons (Fsp3) is 0.238. The van der Waals surface area contributed by atoms with Crippen molar-refractivity contribution in [1.29, 1.82) is 0 Å². The van der Waals surface area contributed by atoms with Gasteiger partial charge in [0, 0.05) is 23.4 Å². The molecule has 0 spiro atoms. The molecule has 1 N–H and O–H groups in total. The maximum absolute atomic E-state index is 14.7. The molecular weight excluding hydrogens is 374 g/mol. The summed E-state index contributed by atoms with van der Waals surface area (Å²) in [7, 11) is 0. The van der Waals surface area contributed by atoms with Crippen molar-refractivity contribution in [2.24, 2.45) is 0 Å². The molecule has 4 rings (SSSR count). The third-order valence-corrected chi connectivity index (χ3v) is 4.52. The molecule has 29 heavy (non-hydrogen) atoms. The van der Waals surface area contributed by atoms with Crippen LogP contribution in [0.4, 0.5) is 20.5 Å². The van der Waals surface area contributed by atoms with Crippen LogP contribution in [0.15, 0.2) is 30.5 Å². The minimum absolute atomic E-state index is 0.00308. The highest BCUT2D eigenvalue weighted by molar-refractivity contribution is 5.83. The first-order valence-corrected chi connectivity index (χ1v) is 9.17. The van der Waals surface area contributed by atoms with Crippen molar-refractivity contribution >= 4 is 22.8 Å². The third-order valence-electron chi connectivity index (χ3n) is 4.52. The maximum atomic E-state index is 14.7. The van der Waals surface area contributed by atoms with Crippen LogP contribution in [-0.4, -0.2) is 24.5 Å². The standard InChI is InChI=1S/C21H19F2N6/c1-11(2)29-13(4)26-20-15(22)8-14(9-17(20)29)19-16(23)10-24-21(28-19)27-18-7-5-6-12(3)25-18/h5,7-11H,1-4H3,(H,24,25,27,28). The number of benzene rings is 1. The molecule has 3 aromatic heterocycles. The number of imidazole rings is 1. The highest BCUT2D eigenvalue weighted by Crippen LogP contribution is 2.30. The van der Waals surface area contributed by atoms with Crippen molar-refractivity contribution in [2.45, 2.75) is 33.7 Å². The second-order valence-electron chi connectivity index (χ2n) is 7.02. The molecule has 0 saturated heterocycles. The number of aromatic nitrogens is 5. The number of pyridine rings is 1. The molecule has 1 aromatic carbocycles. The third kappa shape index (κ3) is 3.53. The Morgan fingerprint density at radius 1 is 1.07 bits per heavy atom. The van der Waals surface area contributed by atoms with Gasteiger partial charge in [-0.15, -0.1) is 0 Å². The molecule has 0 aliphatic rings. The van der Waals surface area contributed by atoms with Gasteiger partial charge in [-0.05, 0) is 52.0 Å². The van der Waals surface area contributed by atoms with E-state index in [9.17, 15) is 8.78 Å². The molecule has 0 amide bonds. The monoisotopic (exact) mass is 393 g/mol. The molecule has 147 valence electrons. The number of rotatable bonds is 4. The Morgan fingerprint density at radius 2 is 1.86 bits per heavy atom. The molecule has 0 saturated carbocycles. The predicted molar refractivity (Wildman–Crippen MR) is 107 cm³/mol. The first kappa shape index (κ1) is 18.9. The van der Waals surface area contributed by atoms with Crippen LogP contribution in [0.3, 0.4) is 0 Å². The van der Waals surface area contributed by atoms with Gasteiger partial charge < -0.3 is 9.88 Å². The van der Waals surface area contributed by atoms with Crippen molar-refractivity contribution in [3.05, 3.63) is 59.7 Å². The summed E-state index contributed by atoms with van der Waals surface area (Å²) < 4.78 is 31.2. The number of nitrogens with zero attached hydrogens (tertiary/aromatic N) is 5. The molecule has 0 aliphatic heterocycles. The Hall–Kier alpha value is -3.42. The van der Waals surface area contributed by atoms with E-state index in [1.807, 2.05) is 25.3 Å². The quantitative estimate of drug-likeness (QED) is 0.534. The normalized spacial score (nSPS) is 11.4. The Morgan fingerprint density at radius 3 is 2.59 bits per heavy atom. The molecule has 0 atom stereocenters. The predicted octanol–water partition coefficient (Wildman–Crippen LogP) is 4.91. The molecule has 0 fully saturated rings. The lowest BCUT2D eigenvalue weighted by molar-refractivity contribution is 0.600. The second kappa shape index (κ2) is 7.20. The first-order chi connectivity index (χ1) is 13.8. The van der Waals surface area contributed by atoms with Crippen molar-refractivity contribution in [1.82, 2.24) is 24.5 Å². The average molecular weight is 393 g/mol. The minimum Gasteiger partial charge on any atom is -0.326 e. The zero-order valence-electron chi connectivity index (χ0n) is 16.5. The van der Waals surface area contributed by atoms with Crippen LogP contribution >= 0.6 is 0 Å².